The van der Waals surface area contributed by atoms with Gasteiger partial charge in [0.15, 0.2) is 0 Å². The number of pyridine rings is 2. The van der Waals surface area contributed by atoms with E-state index in [1.165, 1.54) is 12.1 Å². The third kappa shape index (κ3) is 5.84. The van der Waals surface area contributed by atoms with Gasteiger partial charge in [-0.3, -0.25) is 14.8 Å². The minimum absolute atomic E-state index is 0.0431. The molecular weight excluding hydrogens is 419 g/mol. The van der Waals surface area contributed by atoms with Gasteiger partial charge in [0.2, 0.25) is 0 Å². The summed E-state index contributed by atoms with van der Waals surface area (Å²) in [6, 6.07) is 9.11. The summed E-state index contributed by atoms with van der Waals surface area (Å²) in [5.41, 5.74) is 2.49. The summed E-state index contributed by atoms with van der Waals surface area (Å²) in [6.45, 7) is 4.77. The first-order valence-corrected chi connectivity index (χ1v) is 10.3. The van der Waals surface area contributed by atoms with Gasteiger partial charge >= 0.3 is 12.1 Å². The van der Waals surface area contributed by atoms with E-state index in [1.807, 2.05) is 17.9 Å². The molecule has 168 valence electrons. The Morgan fingerprint density at radius 2 is 1.88 bits per heavy atom. The van der Waals surface area contributed by atoms with E-state index in [9.17, 15) is 18.0 Å². The molecule has 3 aromatic rings. The molecule has 0 atom stereocenters. The summed E-state index contributed by atoms with van der Waals surface area (Å²) in [7, 11) is 0. The van der Waals surface area contributed by atoms with Crippen molar-refractivity contribution in [2.24, 2.45) is 0 Å². The van der Waals surface area contributed by atoms with Crippen LogP contribution < -0.4 is 4.90 Å². The monoisotopic (exact) mass is 443 g/mol. The Hall–Kier alpha value is -3.42. The van der Waals surface area contributed by atoms with Gasteiger partial charge in [0, 0.05) is 37.2 Å². The van der Waals surface area contributed by atoms with E-state index in [4.69, 9.17) is 4.74 Å². The molecule has 0 aliphatic rings. The predicted molar refractivity (Wildman–Crippen MR) is 116 cm³/mol. The van der Waals surface area contributed by atoms with Gasteiger partial charge in [-0.15, -0.1) is 0 Å². The highest BCUT2D eigenvalue weighted by molar-refractivity contribution is 5.74. The molecule has 5 nitrogen and oxygen atoms in total. The van der Waals surface area contributed by atoms with E-state index in [-0.39, 0.29) is 25.5 Å². The second-order valence-corrected chi connectivity index (χ2v) is 7.16. The number of hydrogen-bond donors (Lipinski definition) is 0. The van der Waals surface area contributed by atoms with Crippen LogP contribution in [-0.4, -0.2) is 29.1 Å². The van der Waals surface area contributed by atoms with Gasteiger partial charge in [0.25, 0.3) is 0 Å². The van der Waals surface area contributed by atoms with Crippen LogP contribution >= 0.6 is 0 Å². The maximum Gasteiger partial charge on any atom is 0.416 e. The zero-order chi connectivity index (χ0) is 23.1. The first-order chi connectivity index (χ1) is 15.3. The SMILES string of the molecule is CCOC(=O)Cc1cncc(-c2ccc(C(F)(F)F)cc2CN(CC)c2cccnc2)c1. The van der Waals surface area contributed by atoms with E-state index in [0.717, 1.165) is 11.8 Å². The van der Waals surface area contributed by atoms with Crippen LogP contribution in [0.5, 0.6) is 0 Å². The molecule has 32 heavy (non-hydrogen) atoms. The molecule has 1 aromatic carbocycles. The predicted octanol–water partition coefficient (Wildman–Crippen LogP) is 5.29. The molecule has 0 saturated carbocycles. The van der Waals surface area contributed by atoms with Crippen LogP contribution in [0.3, 0.4) is 0 Å². The van der Waals surface area contributed by atoms with Crippen molar-refractivity contribution in [2.45, 2.75) is 33.0 Å². The normalized spacial score (nSPS) is 11.3. The number of carbonyl (C=O) groups excluding carboxylic acids is 1. The van der Waals surface area contributed by atoms with Crippen molar-refractivity contribution in [2.75, 3.05) is 18.1 Å². The second kappa shape index (κ2) is 10.3. The highest BCUT2D eigenvalue weighted by atomic mass is 19.4. The zero-order valence-corrected chi connectivity index (χ0v) is 17.9. The lowest BCUT2D eigenvalue weighted by atomic mass is 9.96. The molecule has 8 heteroatoms. The van der Waals surface area contributed by atoms with Gasteiger partial charge in [-0.1, -0.05) is 6.07 Å². The Bertz CT molecular complexity index is 1060. The van der Waals surface area contributed by atoms with E-state index in [2.05, 4.69) is 9.97 Å². The molecule has 2 heterocycles. The Labute approximate surface area is 184 Å². The second-order valence-electron chi connectivity index (χ2n) is 7.16. The Kier molecular flexibility index (Phi) is 7.45. The number of nitrogens with zero attached hydrogens (tertiary/aromatic N) is 3. The minimum Gasteiger partial charge on any atom is -0.466 e. The average Bonchev–Trinajstić information content (AvgIpc) is 2.77. The molecule has 0 fully saturated rings. The van der Waals surface area contributed by atoms with Gasteiger partial charge in [-0.2, -0.15) is 13.2 Å². The summed E-state index contributed by atoms with van der Waals surface area (Å²) in [5.74, 6) is -0.382. The molecule has 0 radical (unpaired) electrons. The summed E-state index contributed by atoms with van der Waals surface area (Å²) in [5, 5.41) is 0. The molecule has 0 bridgehead atoms. The number of benzene rings is 1. The molecular formula is C24H24F3N3O2. The van der Waals surface area contributed by atoms with Crippen LogP contribution in [0.15, 0.2) is 61.2 Å². The lowest BCUT2D eigenvalue weighted by Gasteiger charge is -2.25. The lowest BCUT2D eigenvalue weighted by molar-refractivity contribution is -0.142. The molecule has 2 aromatic heterocycles. The van der Waals surface area contributed by atoms with Crippen molar-refractivity contribution in [3.63, 3.8) is 0 Å². The number of carbonyl (C=O) groups is 1. The smallest absolute Gasteiger partial charge is 0.416 e. The van der Waals surface area contributed by atoms with E-state index in [0.29, 0.717) is 28.8 Å². The number of ether oxygens (including phenoxy) is 1. The zero-order valence-electron chi connectivity index (χ0n) is 17.9. The average molecular weight is 443 g/mol. The molecule has 0 aliphatic heterocycles. The number of aromatic nitrogens is 2. The van der Waals surface area contributed by atoms with Crippen LogP contribution in [0, 0.1) is 0 Å². The van der Waals surface area contributed by atoms with Crippen molar-refractivity contribution >= 4 is 11.7 Å². The van der Waals surface area contributed by atoms with Crippen LogP contribution in [0.4, 0.5) is 18.9 Å². The number of esters is 1. The van der Waals surface area contributed by atoms with E-state index >= 15 is 0 Å². The molecule has 0 saturated heterocycles. The molecule has 0 aliphatic carbocycles. The maximum atomic E-state index is 13.4. The summed E-state index contributed by atoms with van der Waals surface area (Å²) < 4.78 is 45.3. The highest BCUT2D eigenvalue weighted by Gasteiger charge is 2.31. The van der Waals surface area contributed by atoms with Gasteiger partial charge in [-0.25, -0.2) is 0 Å². The van der Waals surface area contributed by atoms with E-state index in [1.54, 1.807) is 43.8 Å². The molecule has 0 unspecified atom stereocenters. The fraction of sp³-hybridized carbons (Fsp3) is 0.292. The Balaban J connectivity index is 2.01. The number of hydrogen-bond acceptors (Lipinski definition) is 5. The van der Waals surface area contributed by atoms with Crippen molar-refractivity contribution in [1.29, 1.82) is 0 Å². The third-order valence-corrected chi connectivity index (χ3v) is 4.95. The Morgan fingerprint density at radius 1 is 1.06 bits per heavy atom. The summed E-state index contributed by atoms with van der Waals surface area (Å²) in [4.78, 5) is 22.1. The van der Waals surface area contributed by atoms with E-state index < -0.39 is 11.7 Å². The lowest BCUT2D eigenvalue weighted by Crippen LogP contribution is -2.23. The minimum atomic E-state index is -4.46. The van der Waals surface area contributed by atoms with Crippen LogP contribution in [0.1, 0.15) is 30.5 Å². The van der Waals surface area contributed by atoms with Crippen molar-refractivity contribution in [3.8, 4) is 11.1 Å². The number of anilines is 1. The van der Waals surface area contributed by atoms with Crippen LogP contribution in [0.2, 0.25) is 0 Å². The Morgan fingerprint density at radius 3 is 2.53 bits per heavy atom. The number of rotatable bonds is 8. The standard InChI is InChI=1S/C24H24F3N3O2/c1-3-30(21-6-5-9-28-15-21)16-19-12-20(24(25,26)27)7-8-22(19)18-10-17(13-29-14-18)11-23(31)32-4-2/h5-10,12-15H,3-4,11,16H2,1-2H3. The fourth-order valence-electron chi connectivity index (χ4n) is 3.42. The van der Waals surface area contributed by atoms with Crippen molar-refractivity contribution in [3.05, 3.63) is 77.9 Å². The third-order valence-electron chi connectivity index (χ3n) is 4.95. The van der Waals surface area contributed by atoms with Crippen molar-refractivity contribution in [1.82, 2.24) is 9.97 Å². The van der Waals surface area contributed by atoms with Gasteiger partial charge < -0.3 is 9.64 Å². The van der Waals surface area contributed by atoms with Gasteiger partial charge in [0.1, 0.15) is 0 Å². The van der Waals surface area contributed by atoms with Gasteiger partial charge in [0.05, 0.1) is 30.5 Å². The molecule has 0 spiro atoms. The molecule has 3 rings (SSSR count). The number of alkyl halides is 3. The number of halogens is 3. The quantitative estimate of drug-likeness (QED) is 0.443. The molecule has 0 amide bonds. The first kappa shape index (κ1) is 23.2. The first-order valence-electron chi connectivity index (χ1n) is 10.3. The van der Waals surface area contributed by atoms with Gasteiger partial charge in [-0.05, 0) is 60.9 Å². The highest BCUT2D eigenvalue weighted by Crippen LogP contribution is 2.34. The topological polar surface area (TPSA) is 55.3 Å². The summed E-state index contributed by atoms with van der Waals surface area (Å²) >= 11 is 0. The maximum absolute atomic E-state index is 13.4. The summed E-state index contributed by atoms with van der Waals surface area (Å²) in [6.07, 6.45) is 2.05. The fourth-order valence-corrected chi connectivity index (χ4v) is 3.42. The largest absolute Gasteiger partial charge is 0.466 e. The van der Waals surface area contributed by atoms with Crippen LogP contribution in [0.25, 0.3) is 11.1 Å². The molecule has 0 N–H and O–H groups in total. The van der Waals surface area contributed by atoms with Crippen LogP contribution in [-0.2, 0) is 28.7 Å². The van der Waals surface area contributed by atoms with Crippen molar-refractivity contribution < 1.29 is 22.7 Å².